The van der Waals surface area contributed by atoms with Crippen LogP contribution in [0.3, 0.4) is 0 Å². The highest BCUT2D eigenvalue weighted by Crippen LogP contribution is 2.32. The minimum atomic E-state index is -0.246. The lowest BCUT2D eigenvalue weighted by Crippen LogP contribution is -2.13. The second kappa shape index (κ2) is 5.65. The first-order valence-electron chi connectivity index (χ1n) is 6.67. The van der Waals surface area contributed by atoms with Gasteiger partial charge in [0.25, 0.3) is 0 Å². The first-order valence-corrected chi connectivity index (χ1v) is 7.55. The van der Waals surface area contributed by atoms with E-state index in [1.54, 1.807) is 23.5 Å². The smallest absolute Gasteiger partial charge is 0.226 e. The molecule has 0 unspecified atom stereocenters. The highest BCUT2D eigenvalue weighted by atomic mass is 32.1. The lowest BCUT2D eigenvalue weighted by atomic mass is 10.2. The molecule has 2 heterocycles. The molecule has 4 nitrogen and oxygen atoms in total. The third-order valence-corrected chi connectivity index (χ3v) is 3.98. The van der Waals surface area contributed by atoms with Crippen LogP contribution in [0, 0.1) is 5.82 Å². The molecular formula is C15H15FN4S. The summed E-state index contributed by atoms with van der Waals surface area (Å²) in [6.45, 7) is 2.77. The number of hydrogen-bond donors (Lipinski definition) is 1. The number of anilines is 3. The van der Waals surface area contributed by atoms with E-state index in [1.165, 1.54) is 12.1 Å². The van der Waals surface area contributed by atoms with Crippen LogP contribution in [0.15, 0.2) is 35.7 Å². The molecule has 0 atom stereocenters. The summed E-state index contributed by atoms with van der Waals surface area (Å²) in [7, 11) is 1.92. The average Bonchev–Trinajstić information content (AvgIpc) is 2.95. The van der Waals surface area contributed by atoms with Gasteiger partial charge < -0.3 is 10.2 Å². The summed E-state index contributed by atoms with van der Waals surface area (Å²) < 4.78 is 13.1. The van der Waals surface area contributed by atoms with E-state index in [4.69, 9.17) is 0 Å². The van der Waals surface area contributed by atoms with Gasteiger partial charge in [-0.3, -0.25) is 0 Å². The monoisotopic (exact) mass is 302 g/mol. The first-order chi connectivity index (χ1) is 10.2. The van der Waals surface area contributed by atoms with Crippen molar-refractivity contribution in [3.8, 4) is 0 Å². The van der Waals surface area contributed by atoms with E-state index in [1.807, 2.05) is 30.3 Å². The summed E-state index contributed by atoms with van der Waals surface area (Å²) in [6.07, 6.45) is 0. The molecule has 0 saturated heterocycles. The Kier molecular flexibility index (Phi) is 3.70. The van der Waals surface area contributed by atoms with Gasteiger partial charge in [0.15, 0.2) is 0 Å². The lowest BCUT2D eigenvalue weighted by Gasteiger charge is -2.19. The molecule has 6 heteroatoms. The molecule has 2 aromatic heterocycles. The van der Waals surface area contributed by atoms with Gasteiger partial charge in [0.05, 0.1) is 5.39 Å². The summed E-state index contributed by atoms with van der Waals surface area (Å²) in [6, 6.07) is 8.38. The van der Waals surface area contributed by atoms with Gasteiger partial charge in [0, 0.05) is 19.3 Å². The van der Waals surface area contributed by atoms with Gasteiger partial charge in [-0.1, -0.05) is 0 Å². The molecule has 0 radical (unpaired) electrons. The number of aromatic nitrogens is 2. The molecule has 3 aromatic rings. The molecule has 0 fully saturated rings. The van der Waals surface area contributed by atoms with Gasteiger partial charge in [-0.25, -0.2) is 9.37 Å². The predicted molar refractivity (Wildman–Crippen MR) is 86.0 cm³/mol. The summed E-state index contributed by atoms with van der Waals surface area (Å²) in [4.78, 5) is 11.9. The largest absolute Gasteiger partial charge is 0.354 e. The zero-order valence-corrected chi connectivity index (χ0v) is 12.6. The number of rotatable bonds is 4. The lowest BCUT2D eigenvalue weighted by molar-refractivity contribution is 0.628. The Morgan fingerprint density at radius 3 is 2.67 bits per heavy atom. The minimum absolute atomic E-state index is 0.246. The Hall–Kier alpha value is -2.21. The number of benzene rings is 1. The number of thiophene rings is 1. The fourth-order valence-corrected chi connectivity index (χ4v) is 2.88. The van der Waals surface area contributed by atoms with E-state index in [0.717, 1.165) is 28.3 Å². The van der Waals surface area contributed by atoms with Crippen LogP contribution in [0.25, 0.3) is 10.2 Å². The van der Waals surface area contributed by atoms with Gasteiger partial charge >= 0.3 is 0 Å². The fraction of sp³-hybridized carbons (Fsp3) is 0.200. The van der Waals surface area contributed by atoms with Gasteiger partial charge in [-0.15, -0.1) is 11.3 Å². The van der Waals surface area contributed by atoms with E-state index in [9.17, 15) is 4.39 Å². The molecule has 0 spiro atoms. The Bertz CT molecular complexity index is 754. The highest BCUT2D eigenvalue weighted by molar-refractivity contribution is 7.16. The molecule has 0 amide bonds. The van der Waals surface area contributed by atoms with E-state index in [2.05, 4.69) is 15.3 Å². The first kappa shape index (κ1) is 13.8. The zero-order valence-electron chi connectivity index (χ0n) is 11.8. The standard InChI is InChI=1S/C15H15FN4S/c1-3-17-15-18-13(12-8-9-21-14(12)19-15)20(2)11-6-4-10(16)5-7-11/h4-9H,3H2,1-2H3,(H,17,18,19). The van der Waals surface area contributed by atoms with Crippen molar-refractivity contribution in [1.29, 1.82) is 0 Å². The summed E-state index contributed by atoms with van der Waals surface area (Å²) in [5.74, 6) is 1.17. The number of fused-ring (bicyclic) bond motifs is 1. The van der Waals surface area contributed by atoms with Crippen LogP contribution in [-0.2, 0) is 0 Å². The second-order valence-electron chi connectivity index (χ2n) is 4.58. The Balaban J connectivity index is 2.09. The molecule has 0 aliphatic heterocycles. The normalized spacial score (nSPS) is 10.8. The van der Waals surface area contributed by atoms with Crippen molar-refractivity contribution in [3.05, 3.63) is 41.5 Å². The van der Waals surface area contributed by atoms with Crippen LogP contribution in [-0.4, -0.2) is 23.6 Å². The van der Waals surface area contributed by atoms with E-state index in [0.29, 0.717) is 5.95 Å². The molecule has 0 aliphatic rings. The maximum atomic E-state index is 13.1. The maximum Gasteiger partial charge on any atom is 0.226 e. The van der Waals surface area contributed by atoms with Crippen molar-refractivity contribution in [3.63, 3.8) is 0 Å². The predicted octanol–water partition coefficient (Wildman–Crippen LogP) is 4.03. The molecule has 108 valence electrons. The van der Waals surface area contributed by atoms with Crippen LogP contribution in [0.4, 0.5) is 21.8 Å². The number of nitrogens with zero attached hydrogens (tertiary/aromatic N) is 3. The third-order valence-electron chi connectivity index (χ3n) is 3.17. The fourth-order valence-electron chi connectivity index (χ4n) is 2.12. The third kappa shape index (κ3) is 2.67. The van der Waals surface area contributed by atoms with Crippen molar-refractivity contribution >= 4 is 39.0 Å². The van der Waals surface area contributed by atoms with E-state index in [-0.39, 0.29) is 5.82 Å². The minimum Gasteiger partial charge on any atom is -0.354 e. The Morgan fingerprint density at radius 1 is 1.19 bits per heavy atom. The molecule has 3 rings (SSSR count). The van der Waals surface area contributed by atoms with Crippen molar-refractivity contribution in [2.45, 2.75) is 6.92 Å². The summed E-state index contributed by atoms with van der Waals surface area (Å²) >= 11 is 1.58. The molecule has 1 N–H and O–H groups in total. The molecular weight excluding hydrogens is 287 g/mol. The summed E-state index contributed by atoms with van der Waals surface area (Å²) in [5, 5.41) is 6.13. The van der Waals surface area contributed by atoms with Crippen molar-refractivity contribution < 1.29 is 4.39 Å². The van der Waals surface area contributed by atoms with Crippen LogP contribution in [0.1, 0.15) is 6.92 Å². The van der Waals surface area contributed by atoms with Gasteiger partial charge in [-0.2, -0.15) is 4.98 Å². The topological polar surface area (TPSA) is 41.1 Å². The highest BCUT2D eigenvalue weighted by Gasteiger charge is 2.14. The SMILES string of the molecule is CCNc1nc(N(C)c2ccc(F)cc2)c2ccsc2n1. The van der Waals surface area contributed by atoms with Crippen LogP contribution >= 0.6 is 11.3 Å². The number of hydrogen-bond acceptors (Lipinski definition) is 5. The van der Waals surface area contributed by atoms with Gasteiger partial charge in [-0.05, 0) is 42.6 Å². The van der Waals surface area contributed by atoms with Gasteiger partial charge in [0.1, 0.15) is 16.5 Å². The van der Waals surface area contributed by atoms with Crippen molar-refractivity contribution in [1.82, 2.24) is 9.97 Å². The number of halogens is 1. The molecule has 0 bridgehead atoms. The van der Waals surface area contributed by atoms with Crippen LogP contribution in [0.5, 0.6) is 0 Å². The molecule has 0 saturated carbocycles. The molecule has 21 heavy (non-hydrogen) atoms. The van der Waals surface area contributed by atoms with Crippen LogP contribution in [0.2, 0.25) is 0 Å². The van der Waals surface area contributed by atoms with Crippen molar-refractivity contribution in [2.24, 2.45) is 0 Å². The van der Waals surface area contributed by atoms with E-state index >= 15 is 0 Å². The van der Waals surface area contributed by atoms with E-state index < -0.39 is 0 Å². The van der Waals surface area contributed by atoms with Crippen molar-refractivity contribution in [2.75, 3.05) is 23.8 Å². The Labute approximate surface area is 126 Å². The van der Waals surface area contributed by atoms with Crippen LogP contribution < -0.4 is 10.2 Å². The molecule has 1 aromatic carbocycles. The Morgan fingerprint density at radius 2 is 1.95 bits per heavy atom. The quantitative estimate of drug-likeness (QED) is 0.790. The van der Waals surface area contributed by atoms with Gasteiger partial charge in [0.2, 0.25) is 5.95 Å². The second-order valence-corrected chi connectivity index (χ2v) is 5.47. The zero-order chi connectivity index (χ0) is 14.8. The average molecular weight is 302 g/mol. The maximum absolute atomic E-state index is 13.1. The molecule has 0 aliphatic carbocycles. The number of nitrogens with one attached hydrogen (secondary N) is 1. The summed E-state index contributed by atoms with van der Waals surface area (Å²) in [5.41, 5.74) is 0.880.